The van der Waals surface area contributed by atoms with E-state index >= 15 is 0 Å². The third-order valence-electron chi connectivity index (χ3n) is 3.05. The highest BCUT2D eigenvalue weighted by Crippen LogP contribution is 2.17. The molecule has 2 rings (SSSR count). The van der Waals surface area contributed by atoms with Crippen LogP contribution < -0.4 is 4.74 Å². The molecule has 0 saturated carbocycles. The maximum Gasteiger partial charge on any atom is 0.343 e. The van der Waals surface area contributed by atoms with Gasteiger partial charge in [0.1, 0.15) is 0 Å². The molecular weight excluding hydrogens is 255 g/mol. The quantitative estimate of drug-likeness (QED) is 0.596. The van der Waals surface area contributed by atoms with Gasteiger partial charge in [-0.1, -0.05) is 37.6 Å². The van der Waals surface area contributed by atoms with Crippen molar-refractivity contribution in [2.24, 2.45) is 0 Å². The van der Waals surface area contributed by atoms with Crippen LogP contribution in [0.2, 0.25) is 0 Å². The fourth-order valence-electron chi connectivity index (χ4n) is 1.87. The van der Waals surface area contributed by atoms with E-state index in [9.17, 15) is 9.18 Å². The summed E-state index contributed by atoms with van der Waals surface area (Å²) in [6, 6.07) is 13.1. The second kappa shape index (κ2) is 6.85. The first kappa shape index (κ1) is 14.3. The summed E-state index contributed by atoms with van der Waals surface area (Å²) in [7, 11) is 0. The number of halogens is 1. The molecule has 104 valence electrons. The van der Waals surface area contributed by atoms with E-state index in [2.05, 4.69) is 6.92 Å². The molecule has 0 aliphatic rings. The minimum absolute atomic E-state index is 0.0486. The molecule has 0 fully saturated rings. The van der Waals surface area contributed by atoms with Crippen molar-refractivity contribution in [1.29, 1.82) is 0 Å². The summed E-state index contributed by atoms with van der Waals surface area (Å²) in [5, 5.41) is 0. The van der Waals surface area contributed by atoms with E-state index in [0.717, 1.165) is 19.3 Å². The van der Waals surface area contributed by atoms with E-state index in [-0.39, 0.29) is 5.75 Å². The van der Waals surface area contributed by atoms with Crippen LogP contribution in [0.5, 0.6) is 5.75 Å². The highest BCUT2D eigenvalue weighted by molar-refractivity contribution is 5.91. The lowest BCUT2D eigenvalue weighted by molar-refractivity contribution is 0.0728. The van der Waals surface area contributed by atoms with Gasteiger partial charge >= 0.3 is 5.97 Å². The van der Waals surface area contributed by atoms with Crippen LogP contribution in [-0.4, -0.2) is 5.97 Å². The Kier molecular flexibility index (Phi) is 4.88. The van der Waals surface area contributed by atoms with Crippen LogP contribution in [0.25, 0.3) is 0 Å². The Morgan fingerprint density at radius 3 is 2.45 bits per heavy atom. The third-order valence-corrected chi connectivity index (χ3v) is 3.05. The van der Waals surface area contributed by atoms with Crippen LogP contribution >= 0.6 is 0 Å². The van der Waals surface area contributed by atoms with Gasteiger partial charge in [0.15, 0.2) is 11.6 Å². The Morgan fingerprint density at radius 1 is 1.10 bits per heavy atom. The minimum Gasteiger partial charge on any atom is -0.420 e. The lowest BCUT2D eigenvalue weighted by Crippen LogP contribution is -2.09. The predicted octanol–water partition coefficient (Wildman–Crippen LogP) is 4.39. The Labute approximate surface area is 118 Å². The van der Waals surface area contributed by atoms with E-state index in [1.54, 1.807) is 24.3 Å². The normalized spacial score (nSPS) is 10.3. The van der Waals surface area contributed by atoms with Crippen LogP contribution in [0.3, 0.4) is 0 Å². The summed E-state index contributed by atoms with van der Waals surface area (Å²) in [6.07, 6.45) is 3.26. The predicted molar refractivity (Wildman–Crippen MR) is 76.4 cm³/mol. The number of carbonyl (C=O) groups is 1. The fraction of sp³-hybridized carbons (Fsp3) is 0.235. The highest BCUT2D eigenvalue weighted by atomic mass is 19.1. The number of hydrogen-bond acceptors (Lipinski definition) is 2. The van der Waals surface area contributed by atoms with Gasteiger partial charge in [0.2, 0.25) is 0 Å². The lowest BCUT2D eigenvalue weighted by Gasteiger charge is -2.06. The summed E-state index contributed by atoms with van der Waals surface area (Å²) in [5.74, 6) is -1.13. The van der Waals surface area contributed by atoms with Crippen LogP contribution in [0.15, 0.2) is 48.5 Å². The Bertz CT molecular complexity index is 576. The van der Waals surface area contributed by atoms with E-state index < -0.39 is 11.8 Å². The van der Waals surface area contributed by atoms with Crippen molar-refractivity contribution in [3.05, 3.63) is 65.5 Å². The van der Waals surface area contributed by atoms with Gasteiger partial charge in [0, 0.05) is 0 Å². The third kappa shape index (κ3) is 3.67. The molecule has 0 unspecified atom stereocenters. The summed E-state index contributed by atoms with van der Waals surface area (Å²) < 4.78 is 18.4. The fourth-order valence-corrected chi connectivity index (χ4v) is 1.87. The number of esters is 1. The zero-order valence-electron chi connectivity index (χ0n) is 11.4. The van der Waals surface area contributed by atoms with Crippen LogP contribution in [0.4, 0.5) is 4.39 Å². The smallest absolute Gasteiger partial charge is 0.343 e. The number of rotatable bonds is 5. The van der Waals surface area contributed by atoms with E-state index in [1.165, 1.54) is 17.7 Å². The molecule has 0 heterocycles. The number of aryl methyl sites for hydroxylation is 1. The monoisotopic (exact) mass is 272 g/mol. The van der Waals surface area contributed by atoms with Crippen molar-refractivity contribution < 1.29 is 13.9 Å². The van der Waals surface area contributed by atoms with Gasteiger partial charge in [-0.2, -0.15) is 0 Å². The molecule has 20 heavy (non-hydrogen) atoms. The second-order valence-corrected chi connectivity index (χ2v) is 4.62. The average Bonchev–Trinajstić information content (AvgIpc) is 2.48. The molecular formula is C17H17FO2. The molecule has 0 bridgehead atoms. The van der Waals surface area contributed by atoms with Gasteiger partial charge < -0.3 is 4.74 Å². The van der Waals surface area contributed by atoms with Crippen molar-refractivity contribution in [2.45, 2.75) is 26.2 Å². The standard InChI is InChI=1S/C17H17FO2/c1-2-3-6-13-9-11-14(12-10-13)17(19)20-16-8-5-4-7-15(16)18/h4-5,7-12H,2-3,6H2,1H3. The second-order valence-electron chi connectivity index (χ2n) is 4.62. The zero-order valence-corrected chi connectivity index (χ0v) is 11.4. The van der Waals surface area contributed by atoms with Crippen molar-refractivity contribution >= 4 is 5.97 Å². The van der Waals surface area contributed by atoms with E-state index in [4.69, 9.17) is 4.74 Å². The van der Waals surface area contributed by atoms with Gasteiger partial charge in [-0.3, -0.25) is 0 Å². The Balaban J connectivity index is 2.04. The molecule has 3 heteroatoms. The molecule has 0 saturated heterocycles. The molecule has 0 aliphatic carbocycles. The molecule has 0 aromatic heterocycles. The first-order valence-electron chi connectivity index (χ1n) is 6.76. The Morgan fingerprint density at radius 2 is 1.80 bits per heavy atom. The molecule has 0 radical (unpaired) electrons. The minimum atomic E-state index is -0.544. The summed E-state index contributed by atoms with van der Waals surface area (Å²) in [5.41, 5.74) is 1.61. The molecule has 0 spiro atoms. The largest absolute Gasteiger partial charge is 0.420 e. The average molecular weight is 272 g/mol. The summed E-state index contributed by atoms with van der Waals surface area (Å²) >= 11 is 0. The molecule has 0 atom stereocenters. The van der Waals surface area contributed by atoms with Gasteiger partial charge in [-0.15, -0.1) is 0 Å². The SMILES string of the molecule is CCCCc1ccc(C(=O)Oc2ccccc2F)cc1. The van der Waals surface area contributed by atoms with E-state index in [0.29, 0.717) is 5.56 Å². The first-order chi connectivity index (χ1) is 9.70. The maximum atomic E-state index is 13.4. The zero-order chi connectivity index (χ0) is 14.4. The van der Waals surface area contributed by atoms with Crippen LogP contribution in [0.1, 0.15) is 35.7 Å². The molecule has 2 aromatic carbocycles. The van der Waals surface area contributed by atoms with Gasteiger partial charge in [-0.05, 0) is 42.7 Å². The maximum absolute atomic E-state index is 13.4. The first-order valence-corrected chi connectivity index (χ1v) is 6.76. The van der Waals surface area contributed by atoms with Crippen LogP contribution in [-0.2, 0) is 6.42 Å². The number of hydrogen-bond donors (Lipinski definition) is 0. The number of para-hydroxylation sites is 1. The van der Waals surface area contributed by atoms with Crippen molar-refractivity contribution in [1.82, 2.24) is 0 Å². The lowest BCUT2D eigenvalue weighted by atomic mass is 10.1. The molecule has 0 aliphatic heterocycles. The van der Waals surface area contributed by atoms with E-state index in [1.807, 2.05) is 12.1 Å². The number of ether oxygens (including phenoxy) is 1. The van der Waals surface area contributed by atoms with Gasteiger partial charge in [0.25, 0.3) is 0 Å². The molecule has 2 nitrogen and oxygen atoms in total. The number of carbonyl (C=O) groups excluding carboxylic acids is 1. The topological polar surface area (TPSA) is 26.3 Å². The van der Waals surface area contributed by atoms with Gasteiger partial charge in [0.05, 0.1) is 5.56 Å². The summed E-state index contributed by atoms with van der Waals surface area (Å²) in [4.78, 5) is 11.9. The highest BCUT2D eigenvalue weighted by Gasteiger charge is 2.11. The van der Waals surface area contributed by atoms with Gasteiger partial charge in [-0.25, -0.2) is 9.18 Å². The van der Waals surface area contributed by atoms with Crippen molar-refractivity contribution in [3.63, 3.8) is 0 Å². The summed E-state index contributed by atoms with van der Waals surface area (Å²) in [6.45, 7) is 2.14. The Hall–Kier alpha value is -2.16. The number of benzene rings is 2. The molecule has 2 aromatic rings. The molecule has 0 N–H and O–H groups in total. The molecule has 0 amide bonds. The van der Waals surface area contributed by atoms with Crippen molar-refractivity contribution in [3.8, 4) is 5.75 Å². The number of unbranched alkanes of at least 4 members (excludes halogenated alkanes) is 1. The van der Waals surface area contributed by atoms with Crippen LogP contribution in [0, 0.1) is 5.82 Å². The van der Waals surface area contributed by atoms with Crippen molar-refractivity contribution in [2.75, 3.05) is 0 Å².